The minimum absolute atomic E-state index is 0.0524. The number of rotatable bonds is 4. The van der Waals surface area contributed by atoms with Gasteiger partial charge in [0.05, 0.1) is 34.6 Å². The first-order valence-corrected chi connectivity index (χ1v) is 12.3. The second-order valence-corrected chi connectivity index (χ2v) is 11.2. The number of hydrogen-bond acceptors (Lipinski definition) is 4. The summed E-state index contributed by atoms with van der Waals surface area (Å²) in [6.45, 7) is 2.08. The van der Waals surface area contributed by atoms with Crippen LogP contribution in [0.4, 0.5) is 4.39 Å². The summed E-state index contributed by atoms with van der Waals surface area (Å²) in [5.41, 5.74) is 1.76. The Kier molecular flexibility index (Phi) is 5.22. The molecule has 0 radical (unpaired) electrons. The van der Waals surface area contributed by atoms with Gasteiger partial charge in [0.1, 0.15) is 16.5 Å². The molecule has 0 amide bonds. The third-order valence-corrected chi connectivity index (χ3v) is 8.82. The molecule has 2 aliphatic heterocycles. The number of benzene rings is 2. The molecule has 0 bridgehead atoms. The van der Waals surface area contributed by atoms with Gasteiger partial charge in [-0.25, -0.2) is 17.8 Å². The van der Waals surface area contributed by atoms with Crippen molar-refractivity contribution in [3.05, 3.63) is 57.9 Å². The lowest BCUT2D eigenvalue weighted by Gasteiger charge is -2.37. The van der Waals surface area contributed by atoms with E-state index in [1.54, 1.807) is 30.5 Å². The third-order valence-electron chi connectivity index (χ3n) is 5.85. The predicted octanol–water partition coefficient (Wildman–Crippen LogP) is 4.71. The van der Waals surface area contributed by atoms with E-state index in [0.717, 1.165) is 6.42 Å². The van der Waals surface area contributed by atoms with Gasteiger partial charge in [-0.05, 0) is 52.7 Å². The first-order valence-electron chi connectivity index (χ1n) is 9.66. The van der Waals surface area contributed by atoms with Gasteiger partial charge in [-0.15, -0.1) is 0 Å². The summed E-state index contributed by atoms with van der Waals surface area (Å²) in [6.07, 6.45) is 2.37. The van der Waals surface area contributed by atoms with E-state index in [0.29, 0.717) is 53.4 Å². The van der Waals surface area contributed by atoms with Gasteiger partial charge in [-0.1, -0.05) is 17.7 Å². The van der Waals surface area contributed by atoms with E-state index in [9.17, 15) is 12.8 Å². The molecule has 0 unspecified atom stereocenters. The van der Waals surface area contributed by atoms with E-state index >= 15 is 0 Å². The van der Waals surface area contributed by atoms with Crippen molar-refractivity contribution in [3.8, 4) is 22.6 Å². The molecule has 31 heavy (non-hydrogen) atoms. The minimum Gasteiger partial charge on any atom is -0.380 e. The molecule has 0 aliphatic carbocycles. The number of nitrogens with one attached hydrogen (secondary N) is 1. The number of sulfonamides is 1. The van der Waals surface area contributed by atoms with Gasteiger partial charge in [0.2, 0.25) is 10.0 Å². The molecule has 3 heterocycles. The lowest BCUT2D eigenvalue weighted by atomic mass is 9.86. The first-order chi connectivity index (χ1) is 14.8. The molecule has 162 valence electrons. The van der Waals surface area contributed by atoms with Crippen LogP contribution in [0.3, 0.4) is 0 Å². The van der Waals surface area contributed by atoms with E-state index in [-0.39, 0.29) is 21.2 Å². The zero-order chi connectivity index (χ0) is 21.8. The van der Waals surface area contributed by atoms with E-state index in [4.69, 9.17) is 16.3 Å². The number of halogens is 3. The highest BCUT2D eigenvalue weighted by Gasteiger charge is 2.48. The molecule has 1 spiro atoms. The molecule has 2 aromatic carbocycles. The SMILES string of the molecule is O=S(=O)(c1cc(-c2ncc(-c3ccc(Br)c(F)c3)[nH]2)ccc1Cl)N1CCC2(COC2)C1. The van der Waals surface area contributed by atoms with E-state index in [2.05, 4.69) is 25.9 Å². The molecule has 5 rings (SSSR count). The van der Waals surface area contributed by atoms with Crippen LogP contribution in [0.2, 0.25) is 5.02 Å². The van der Waals surface area contributed by atoms with Gasteiger partial charge in [0.15, 0.2) is 0 Å². The largest absolute Gasteiger partial charge is 0.380 e. The quantitative estimate of drug-likeness (QED) is 0.534. The maximum atomic E-state index is 13.9. The number of nitrogens with zero attached hydrogens (tertiary/aromatic N) is 2. The highest BCUT2D eigenvalue weighted by atomic mass is 79.9. The number of hydrogen-bond donors (Lipinski definition) is 1. The average molecular weight is 527 g/mol. The Morgan fingerprint density at radius 2 is 1.97 bits per heavy atom. The van der Waals surface area contributed by atoms with Crippen molar-refractivity contribution >= 4 is 37.6 Å². The fourth-order valence-corrected chi connectivity index (χ4v) is 6.29. The molecule has 2 fully saturated rings. The Morgan fingerprint density at radius 1 is 1.19 bits per heavy atom. The van der Waals surface area contributed by atoms with Crippen LogP contribution >= 0.6 is 27.5 Å². The summed E-state index contributed by atoms with van der Waals surface area (Å²) in [5, 5.41) is 0.163. The van der Waals surface area contributed by atoms with Gasteiger partial charge in [0.25, 0.3) is 0 Å². The second-order valence-electron chi connectivity index (χ2n) is 8.00. The van der Waals surface area contributed by atoms with Crippen LogP contribution in [0, 0.1) is 11.2 Å². The number of aromatic nitrogens is 2. The third kappa shape index (κ3) is 3.72. The van der Waals surface area contributed by atoms with Crippen molar-refractivity contribution in [2.24, 2.45) is 5.41 Å². The second kappa shape index (κ2) is 7.67. The molecule has 1 N–H and O–H groups in total. The van der Waals surface area contributed by atoms with Gasteiger partial charge < -0.3 is 9.72 Å². The Hall–Kier alpha value is -1.78. The van der Waals surface area contributed by atoms with Crippen LogP contribution < -0.4 is 0 Å². The molecule has 2 aliphatic rings. The van der Waals surface area contributed by atoms with Crippen molar-refractivity contribution < 1.29 is 17.5 Å². The molecule has 10 heteroatoms. The average Bonchev–Trinajstić information content (AvgIpc) is 3.38. The fraction of sp³-hybridized carbons (Fsp3) is 0.286. The normalized spacial score (nSPS) is 18.4. The van der Waals surface area contributed by atoms with Crippen molar-refractivity contribution in [3.63, 3.8) is 0 Å². The Labute approximate surface area is 192 Å². The zero-order valence-corrected chi connectivity index (χ0v) is 19.4. The first kappa shape index (κ1) is 21.1. The van der Waals surface area contributed by atoms with Crippen LogP contribution in [0.1, 0.15) is 6.42 Å². The lowest BCUT2D eigenvalue weighted by Crippen LogP contribution is -2.45. The summed E-state index contributed by atoms with van der Waals surface area (Å²) >= 11 is 9.43. The summed E-state index contributed by atoms with van der Waals surface area (Å²) in [6, 6.07) is 9.57. The monoisotopic (exact) mass is 525 g/mol. The van der Waals surface area contributed by atoms with Crippen LogP contribution in [0.5, 0.6) is 0 Å². The predicted molar refractivity (Wildman–Crippen MR) is 119 cm³/mol. The fourth-order valence-electron chi connectivity index (χ4n) is 3.99. The Bertz CT molecular complexity index is 1280. The molecule has 0 saturated carbocycles. The number of H-pyrrole nitrogens is 1. The maximum absolute atomic E-state index is 13.9. The summed E-state index contributed by atoms with van der Waals surface area (Å²) in [4.78, 5) is 7.54. The van der Waals surface area contributed by atoms with Crippen LogP contribution in [0.15, 0.2) is 52.0 Å². The number of ether oxygens (including phenoxy) is 1. The smallest absolute Gasteiger partial charge is 0.244 e. The van der Waals surface area contributed by atoms with Crippen molar-refractivity contribution in [2.45, 2.75) is 11.3 Å². The van der Waals surface area contributed by atoms with Crippen molar-refractivity contribution in [1.29, 1.82) is 0 Å². The molecule has 2 saturated heterocycles. The highest BCUT2D eigenvalue weighted by Crippen LogP contribution is 2.41. The molecule has 3 aromatic rings. The van der Waals surface area contributed by atoms with E-state index < -0.39 is 10.0 Å². The Balaban J connectivity index is 1.46. The molecule has 1 aromatic heterocycles. The van der Waals surface area contributed by atoms with E-state index in [1.807, 2.05) is 0 Å². The summed E-state index contributed by atoms with van der Waals surface area (Å²) in [7, 11) is -3.75. The summed E-state index contributed by atoms with van der Waals surface area (Å²) in [5.74, 6) is 0.0884. The molecular formula is C21H18BrClFN3O3S. The molecule has 0 atom stereocenters. The zero-order valence-electron chi connectivity index (χ0n) is 16.2. The van der Waals surface area contributed by atoms with Crippen LogP contribution in [-0.2, 0) is 14.8 Å². The van der Waals surface area contributed by atoms with Crippen molar-refractivity contribution in [1.82, 2.24) is 14.3 Å². The van der Waals surface area contributed by atoms with Gasteiger partial charge >= 0.3 is 0 Å². The van der Waals surface area contributed by atoms with Gasteiger partial charge in [-0.2, -0.15) is 4.31 Å². The van der Waals surface area contributed by atoms with Gasteiger partial charge in [-0.3, -0.25) is 0 Å². The maximum Gasteiger partial charge on any atom is 0.244 e. The van der Waals surface area contributed by atoms with E-state index in [1.165, 1.54) is 16.4 Å². The van der Waals surface area contributed by atoms with Gasteiger partial charge in [0, 0.05) is 29.6 Å². The topological polar surface area (TPSA) is 75.3 Å². The molecule has 6 nitrogen and oxygen atoms in total. The van der Waals surface area contributed by atoms with Crippen LogP contribution in [0.25, 0.3) is 22.6 Å². The number of aromatic amines is 1. The summed E-state index contributed by atoms with van der Waals surface area (Å²) < 4.78 is 47.6. The lowest BCUT2D eigenvalue weighted by molar-refractivity contribution is -0.102. The Morgan fingerprint density at radius 3 is 2.65 bits per heavy atom. The van der Waals surface area contributed by atoms with Crippen molar-refractivity contribution in [2.75, 3.05) is 26.3 Å². The number of imidazole rings is 1. The van der Waals surface area contributed by atoms with Crippen LogP contribution in [-0.4, -0.2) is 49.0 Å². The standard InChI is InChI=1S/C21H18BrClFN3O3S/c22-15-3-1-13(7-17(15)24)18-9-25-20(26-18)14-2-4-16(23)19(8-14)31(28,29)27-6-5-21(10-27)11-30-12-21/h1-4,7-9H,5-6,10-12H2,(H,25,26). The highest BCUT2D eigenvalue weighted by molar-refractivity contribution is 9.10. The minimum atomic E-state index is -3.75. The molecular weight excluding hydrogens is 509 g/mol.